The van der Waals surface area contributed by atoms with E-state index in [0.29, 0.717) is 23.5 Å². The van der Waals surface area contributed by atoms with Crippen LogP contribution in [0, 0.1) is 13.8 Å². The predicted octanol–water partition coefficient (Wildman–Crippen LogP) is 3.26. The molecule has 0 amide bonds. The molecule has 0 radical (unpaired) electrons. The molecule has 1 saturated heterocycles. The Morgan fingerprint density at radius 3 is 2.86 bits per heavy atom. The highest BCUT2D eigenvalue weighted by Crippen LogP contribution is 2.26. The molecule has 3 aromatic rings. The van der Waals surface area contributed by atoms with E-state index in [2.05, 4.69) is 15.1 Å². The maximum Gasteiger partial charge on any atom is 0.339 e. The number of aryl methyl sites for hydroxylation is 1. The van der Waals surface area contributed by atoms with Gasteiger partial charge in [0.2, 0.25) is 0 Å². The van der Waals surface area contributed by atoms with Gasteiger partial charge in [-0.25, -0.2) is 4.79 Å². The average Bonchev–Trinajstić information content (AvgIpc) is 3.19. The maximum absolute atomic E-state index is 11.9. The van der Waals surface area contributed by atoms with E-state index >= 15 is 0 Å². The molecule has 0 N–H and O–H groups in total. The molecule has 0 saturated carbocycles. The van der Waals surface area contributed by atoms with Gasteiger partial charge in [0.05, 0.1) is 13.2 Å². The normalized spacial score (nSPS) is 15.1. The Kier molecular flexibility index (Phi) is 6.49. The third kappa shape index (κ3) is 4.98. The van der Waals surface area contributed by atoms with Crippen LogP contribution in [0.3, 0.4) is 0 Å². The van der Waals surface area contributed by atoms with Gasteiger partial charge in [-0.2, -0.15) is 0 Å². The fourth-order valence-corrected chi connectivity index (χ4v) is 4.98. The van der Waals surface area contributed by atoms with Crippen LogP contribution in [0.4, 0.5) is 0 Å². The minimum atomic E-state index is -0.310. The largest absolute Gasteiger partial charge is 0.486 e. The molecule has 1 aliphatic rings. The van der Waals surface area contributed by atoms with Gasteiger partial charge >= 0.3 is 5.63 Å². The van der Waals surface area contributed by atoms with Crippen molar-refractivity contribution in [3.63, 3.8) is 0 Å². The number of benzene rings is 1. The molecule has 4 rings (SSSR count). The van der Waals surface area contributed by atoms with Crippen LogP contribution in [-0.2, 0) is 11.3 Å². The van der Waals surface area contributed by atoms with Crippen LogP contribution in [-0.4, -0.2) is 53.7 Å². The number of aromatic nitrogens is 2. The smallest absolute Gasteiger partial charge is 0.339 e. The van der Waals surface area contributed by atoms with Gasteiger partial charge in [-0.15, -0.1) is 10.2 Å². The topological polar surface area (TPSA) is 77.7 Å². The number of hydrogen-bond acceptors (Lipinski definition) is 9. The Morgan fingerprint density at radius 1 is 1.21 bits per heavy atom. The molecule has 1 fully saturated rings. The van der Waals surface area contributed by atoms with Crippen molar-refractivity contribution >= 4 is 34.1 Å². The van der Waals surface area contributed by atoms with E-state index < -0.39 is 0 Å². The lowest BCUT2D eigenvalue weighted by Gasteiger charge is -2.25. The second-order valence-corrected chi connectivity index (χ2v) is 9.25. The van der Waals surface area contributed by atoms with E-state index in [1.807, 2.05) is 19.1 Å². The summed E-state index contributed by atoms with van der Waals surface area (Å²) in [6.45, 7) is 8.71. The molecule has 0 atom stereocenters. The van der Waals surface area contributed by atoms with Gasteiger partial charge in [0.25, 0.3) is 0 Å². The van der Waals surface area contributed by atoms with Crippen LogP contribution in [0.25, 0.3) is 11.0 Å². The van der Waals surface area contributed by atoms with Gasteiger partial charge in [-0.1, -0.05) is 23.1 Å². The molecule has 0 spiro atoms. The van der Waals surface area contributed by atoms with Gasteiger partial charge in [-0.3, -0.25) is 4.90 Å². The van der Waals surface area contributed by atoms with Crippen molar-refractivity contribution in [2.24, 2.45) is 0 Å². The fourth-order valence-electron chi connectivity index (χ4n) is 3.10. The summed E-state index contributed by atoms with van der Waals surface area (Å²) >= 11 is 3.27. The summed E-state index contributed by atoms with van der Waals surface area (Å²) in [5, 5.41) is 10.2. The summed E-state index contributed by atoms with van der Waals surface area (Å²) in [7, 11) is 0. The first kappa shape index (κ1) is 20.3. The van der Waals surface area contributed by atoms with Crippen molar-refractivity contribution in [1.82, 2.24) is 15.1 Å². The van der Waals surface area contributed by atoms with Crippen molar-refractivity contribution in [3.8, 4) is 5.75 Å². The predicted molar refractivity (Wildman–Crippen MR) is 114 cm³/mol. The second-order valence-electron chi connectivity index (χ2n) is 6.85. The van der Waals surface area contributed by atoms with E-state index in [-0.39, 0.29) is 5.63 Å². The number of nitrogens with zero attached hydrogens (tertiary/aromatic N) is 3. The maximum atomic E-state index is 11.9. The summed E-state index contributed by atoms with van der Waals surface area (Å²) in [5.41, 5.74) is 1.80. The average molecular weight is 434 g/mol. The molecule has 9 heteroatoms. The summed E-state index contributed by atoms with van der Waals surface area (Å²) in [4.78, 5) is 14.3. The Bertz CT molecular complexity index is 1040. The zero-order chi connectivity index (χ0) is 20.2. The Balaban J connectivity index is 1.32. The van der Waals surface area contributed by atoms with Crippen LogP contribution in [0.15, 0.2) is 31.8 Å². The molecule has 29 heavy (non-hydrogen) atoms. The number of fused-ring (bicyclic) bond motifs is 1. The van der Waals surface area contributed by atoms with Crippen molar-refractivity contribution in [2.45, 2.75) is 24.8 Å². The van der Waals surface area contributed by atoms with Crippen LogP contribution in [0.5, 0.6) is 5.75 Å². The number of rotatable bonds is 7. The SMILES string of the molecule is Cc1c(C)c2ccc(OCc3nnc(SCCN4CCOCC4)s3)cc2oc1=O. The molecule has 0 aliphatic carbocycles. The lowest BCUT2D eigenvalue weighted by molar-refractivity contribution is 0.0410. The third-order valence-electron chi connectivity index (χ3n) is 4.98. The van der Waals surface area contributed by atoms with E-state index in [0.717, 1.165) is 58.9 Å². The standard InChI is InChI=1S/C20H23N3O4S2/c1-13-14(2)19(24)27-17-11-15(3-4-16(13)17)26-12-18-21-22-20(29-18)28-10-7-23-5-8-25-9-6-23/h3-4,11H,5-10,12H2,1-2H3. The van der Waals surface area contributed by atoms with Crippen molar-refractivity contribution < 1.29 is 13.9 Å². The molecule has 154 valence electrons. The zero-order valence-electron chi connectivity index (χ0n) is 16.5. The summed E-state index contributed by atoms with van der Waals surface area (Å²) in [6.07, 6.45) is 0. The van der Waals surface area contributed by atoms with Crippen LogP contribution in [0.2, 0.25) is 0 Å². The Labute approximate surface area is 177 Å². The monoisotopic (exact) mass is 433 g/mol. The molecule has 0 bridgehead atoms. The fraction of sp³-hybridized carbons (Fsp3) is 0.450. The van der Waals surface area contributed by atoms with E-state index in [1.165, 1.54) is 0 Å². The van der Waals surface area contributed by atoms with E-state index in [4.69, 9.17) is 13.9 Å². The van der Waals surface area contributed by atoms with Crippen molar-refractivity contribution in [3.05, 3.63) is 44.8 Å². The minimum Gasteiger partial charge on any atom is -0.486 e. The Hall–Kier alpha value is -1.94. The molecule has 3 heterocycles. The quantitative estimate of drug-likeness (QED) is 0.415. The first-order valence-corrected chi connectivity index (χ1v) is 11.3. The number of thioether (sulfide) groups is 1. The number of hydrogen-bond donors (Lipinski definition) is 0. The lowest BCUT2D eigenvalue weighted by atomic mass is 10.1. The van der Waals surface area contributed by atoms with E-state index in [9.17, 15) is 4.79 Å². The highest BCUT2D eigenvalue weighted by molar-refractivity contribution is 8.01. The minimum absolute atomic E-state index is 0.310. The third-order valence-corrected chi connectivity index (χ3v) is 6.99. The van der Waals surface area contributed by atoms with Crippen LogP contribution in [0.1, 0.15) is 16.1 Å². The first-order valence-electron chi connectivity index (χ1n) is 9.52. The van der Waals surface area contributed by atoms with Crippen LogP contribution >= 0.6 is 23.1 Å². The van der Waals surface area contributed by atoms with Crippen molar-refractivity contribution in [1.29, 1.82) is 0 Å². The first-order chi connectivity index (χ1) is 14.1. The molecule has 2 aromatic heterocycles. The van der Waals surface area contributed by atoms with E-state index in [1.54, 1.807) is 36.1 Å². The Morgan fingerprint density at radius 2 is 2.03 bits per heavy atom. The highest BCUT2D eigenvalue weighted by Gasteiger charge is 2.12. The lowest BCUT2D eigenvalue weighted by Crippen LogP contribution is -2.37. The molecule has 1 aromatic carbocycles. The van der Waals surface area contributed by atoms with Gasteiger partial charge in [0.15, 0.2) is 9.35 Å². The van der Waals surface area contributed by atoms with Crippen LogP contribution < -0.4 is 10.4 Å². The van der Waals surface area contributed by atoms with Gasteiger partial charge < -0.3 is 13.9 Å². The summed E-state index contributed by atoms with van der Waals surface area (Å²) in [5.74, 6) is 1.62. The highest BCUT2D eigenvalue weighted by atomic mass is 32.2. The molecular formula is C20H23N3O4S2. The second kappa shape index (κ2) is 9.25. The summed E-state index contributed by atoms with van der Waals surface area (Å²) in [6, 6.07) is 5.55. The van der Waals surface area contributed by atoms with Crippen molar-refractivity contribution in [2.75, 3.05) is 38.6 Å². The van der Waals surface area contributed by atoms with Gasteiger partial charge in [0, 0.05) is 42.4 Å². The zero-order valence-corrected chi connectivity index (χ0v) is 18.1. The summed E-state index contributed by atoms with van der Waals surface area (Å²) < 4.78 is 17.5. The van der Waals surface area contributed by atoms with Gasteiger partial charge in [0.1, 0.15) is 17.9 Å². The molecule has 7 nitrogen and oxygen atoms in total. The molecule has 0 unspecified atom stereocenters. The molecular weight excluding hydrogens is 410 g/mol. The molecule has 1 aliphatic heterocycles. The van der Waals surface area contributed by atoms with Gasteiger partial charge in [-0.05, 0) is 31.5 Å². The number of morpholine rings is 1. The number of ether oxygens (including phenoxy) is 2.